The Hall–Kier alpha value is 2.25. The molecule has 0 rings (SSSR count). The van der Waals surface area contributed by atoms with Crippen LogP contribution in [0.5, 0.6) is 0 Å². The Morgan fingerprint density at radius 3 is 1.25 bits per heavy atom. The summed E-state index contributed by atoms with van der Waals surface area (Å²) < 4.78 is 24.0. The quantitative estimate of drug-likeness (QED) is 0.400. The molecule has 0 spiro atoms. The molecule has 5 nitrogen and oxygen atoms in total. The van der Waals surface area contributed by atoms with E-state index in [2.05, 4.69) is 0 Å². The Kier molecular flexibility index (Phi) is 90.9. The van der Waals surface area contributed by atoms with Crippen LogP contribution in [0.25, 0.3) is 0 Å². The molecule has 0 aliphatic carbocycles. The summed E-state index contributed by atoms with van der Waals surface area (Å²) in [5.74, 6) is 0. The second-order valence-electron chi connectivity index (χ2n) is 0.201. The minimum absolute atomic E-state index is 0. The van der Waals surface area contributed by atoms with Crippen LogP contribution < -0.4 is 60.7 Å². The van der Waals surface area contributed by atoms with Crippen molar-refractivity contribution in [3.8, 4) is 0 Å². The molecule has 0 amide bonds. The first-order chi connectivity index (χ1) is 1.73. The van der Waals surface area contributed by atoms with Crippen LogP contribution in [0, 0.1) is 10.8 Å². The second-order valence-corrected chi connectivity index (χ2v) is 0.603. The standard InChI is InChI=1S/ClHO3.K.Mn.H2O.O/c2-1(3)4;;;;/h2H;;;1H2;/q;+1;+2;;-2/p-1. The molecule has 0 fully saturated rings. The zero-order valence-electron chi connectivity index (χ0n) is 3.88. The molecule has 0 aromatic heterocycles. The normalized spacial score (nSPS) is 4.50. The van der Waals surface area contributed by atoms with Gasteiger partial charge in [0.15, 0.2) is 0 Å². The van der Waals surface area contributed by atoms with Gasteiger partial charge < -0.3 is 20.3 Å². The van der Waals surface area contributed by atoms with Crippen molar-refractivity contribution >= 4 is 0 Å². The van der Waals surface area contributed by atoms with Crippen LogP contribution in [-0.2, 0) is 22.5 Å². The second kappa shape index (κ2) is 22.8. The summed E-state index contributed by atoms with van der Waals surface area (Å²) in [5, 5.41) is 0. The Balaban J connectivity index is -0.00000000750. The van der Waals surface area contributed by atoms with Crippen molar-refractivity contribution in [1.29, 1.82) is 0 Å². The maximum Gasteiger partial charge on any atom is 2.00 e. The molecule has 0 bridgehead atoms. The minimum Gasteiger partial charge on any atom is -2.00 e. The minimum atomic E-state index is -2.60. The Bertz CT molecular complexity index is 17.1. The number of hydrogen-bond donors (Lipinski definition) is 1. The van der Waals surface area contributed by atoms with Crippen LogP contribution >= 0.6 is 0 Å². The first kappa shape index (κ1) is 31.8. The van der Waals surface area contributed by atoms with Crippen LogP contribution in [0.4, 0.5) is 0 Å². The molecule has 1 radical (unpaired) electrons. The van der Waals surface area contributed by atoms with Crippen molar-refractivity contribution in [3.05, 3.63) is 0 Å². The Morgan fingerprint density at radius 2 is 1.25 bits per heavy atom. The van der Waals surface area contributed by atoms with Crippen molar-refractivity contribution in [3.63, 3.8) is 0 Å². The smallest absolute Gasteiger partial charge is 2.00 e. The van der Waals surface area contributed by atoms with E-state index in [0.717, 1.165) is 0 Å². The van der Waals surface area contributed by atoms with Gasteiger partial charge in [-0.25, -0.2) is 0 Å². The van der Waals surface area contributed by atoms with Crippen LogP contribution in [-0.4, -0.2) is 10.1 Å². The Morgan fingerprint density at radius 1 is 1.25 bits per heavy atom. The predicted octanol–water partition coefficient (Wildman–Crippen LogP) is -6.23. The van der Waals surface area contributed by atoms with Crippen molar-refractivity contribution in [2.24, 2.45) is 0 Å². The Labute approximate surface area is 102 Å². The van der Waals surface area contributed by atoms with Gasteiger partial charge in [-0.1, -0.05) is 0 Å². The molecule has 0 aliphatic heterocycles. The fourth-order valence-corrected chi connectivity index (χ4v) is 0. The molecule has 0 aliphatic rings. The van der Waals surface area contributed by atoms with Crippen LogP contribution in [0.3, 0.4) is 0 Å². The average molecular weight is 212 g/mol. The largest absolute Gasteiger partial charge is 2.00 e. The SMILES string of the molecule is [K+].[Mn+2].[O-2].[O-][Cl+2]([O-])O.[OH-]. The summed E-state index contributed by atoms with van der Waals surface area (Å²) in [5.41, 5.74) is 0. The average Bonchev–Trinajstić information content (AvgIpc) is 0.811. The third-order valence-electron chi connectivity index (χ3n) is 0. The van der Waals surface area contributed by atoms with Crippen LogP contribution in [0.15, 0.2) is 0 Å². The summed E-state index contributed by atoms with van der Waals surface area (Å²) in [7, 11) is -2.60. The third kappa shape index (κ3) is 85.8. The first-order valence-corrected chi connectivity index (χ1v) is 1.43. The van der Waals surface area contributed by atoms with Gasteiger partial charge in [0.1, 0.15) is 0 Å². The number of hydrogen-bond acceptors (Lipinski definition) is 4. The topological polar surface area (TPSA) is 125 Å². The molecule has 0 saturated heterocycles. The van der Waals surface area contributed by atoms with E-state index in [-0.39, 0.29) is 79.4 Å². The van der Waals surface area contributed by atoms with Gasteiger partial charge in [0.2, 0.25) is 0 Å². The van der Waals surface area contributed by atoms with Gasteiger partial charge in [0.25, 0.3) is 10.8 Å². The summed E-state index contributed by atoms with van der Waals surface area (Å²) >= 11 is 0. The fraction of sp³-hybridized carbons (Fsp3) is 0. The van der Waals surface area contributed by atoms with Gasteiger partial charge in [-0.2, -0.15) is 0 Å². The maximum absolute atomic E-state index is 8.52. The van der Waals surface area contributed by atoms with E-state index in [1.807, 2.05) is 0 Å². The molecular formula is H2ClKMnO5. The summed E-state index contributed by atoms with van der Waals surface area (Å²) in [6.07, 6.45) is 0. The van der Waals surface area contributed by atoms with Crippen molar-refractivity contribution < 1.29 is 104 Å². The van der Waals surface area contributed by atoms with E-state index in [1.165, 1.54) is 0 Å². The molecule has 0 saturated carbocycles. The van der Waals surface area contributed by atoms with E-state index in [1.54, 1.807) is 0 Å². The van der Waals surface area contributed by atoms with E-state index in [9.17, 15) is 0 Å². The van der Waals surface area contributed by atoms with Gasteiger partial charge in [-0.05, 0) is 0 Å². The van der Waals surface area contributed by atoms with Crippen LogP contribution in [0.2, 0.25) is 0 Å². The van der Waals surface area contributed by atoms with E-state index in [0.29, 0.717) is 0 Å². The molecule has 0 atom stereocenters. The van der Waals surface area contributed by atoms with E-state index < -0.39 is 10.8 Å². The number of halogens is 1. The molecule has 8 heavy (non-hydrogen) atoms. The zero-order valence-corrected chi connectivity index (χ0v) is 8.93. The monoisotopic (exact) mass is 211 g/mol. The van der Waals surface area contributed by atoms with Crippen molar-refractivity contribution in [2.45, 2.75) is 0 Å². The van der Waals surface area contributed by atoms with Crippen molar-refractivity contribution in [1.82, 2.24) is 0 Å². The molecular weight excluding hydrogens is 209 g/mol. The summed E-state index contributed by atoms with van der Waals surface area (Å²) in [6, 6.07) is 0. The third-order valence-corrected chi connectivity index (χ3v) is 0. The van der Waals surface area contributed by atoms with E-state index >= 15 is 0 Å². The molecule has 47 valence electrons. The van der Waals surface area contributed by atoms with Gasteiger partial charge in [0, 0.05) is 4.66 Å². The van der Waals surface area contributed by atoms with Crippen LogP contribution in [0.1, 0.15) is 0 Å². The van der Waals surface area contributed by atoms with Gasteiger partial charge in [0.05, 0.1) is 0 Å². The molecule has 8 heteroatoms. The maximum atomic E-state index is 8.52. The number of rotatable bonds is 0. The van der Waals surface area contributed by atoms with E-state index in [4.69, 9.17) is 14.0 Å². The predicted molar refractivity (Wildman–Crippen MR) is 4.84 cm³/mol. The fourth-order valence-electron chi connectivity index (χ4n) is 0. The molecule has 0 heterocycles. The van der Waals surface area contributed by atoms with Crippen molar-refractivity contribution in [2.75, 3.05) is 0 Å². The van der Waals surface area contributed by atoms with Gasteiger partial charge in [-0.15, -0.1) is 0 Å². The summed E-state index contributed by atoms with van der Waals surface area (Å²) in [6.45, 7) is 0. The molecule has 0 unspecified atom stereocenters. The first-order valence-electron chi connectivity index (χ1n) is 0.478. The zero-order chi connectivity index (χ0) is 3.58. The molecule has 0 aromatic carbocycles. The van der Waals surface area contributed by atoms with Gasteiger partial charge in [-0.3, -0.25) is 0 Å². The summed E-state index contributed by atoms with van der Waals surface area (Å²) in [4.78, 5) is 0. The molecule has 2 N–H and O–H groups in total. The van der Waals surface area contributed by atoms with Gasteiger partial charge >= 0.3 is 68.5 Å². The molecule has 0 aromatic rings.